The lowest BCUT2D eigenvalue weighted by atomic mass is 10.2. The van der Waals surface area contributed by atoms with Crippen molar-refractivity contribution in [2.24, 2.45) is 5.10 Å². The molecule has 0 radical (unpaired) electrons. The van der Waals surface area contributed by atoms with Crippen molar-refractivity contribution in [2.75, 3.05) is 6.61 Å². The first-order valence-corrected chi connectivity index (χ1v) is 7.45. The van der Waals surface area contributed by atoms with E-state index in [9.17, 15) is 15.0 Å². The lowest BCUT2D eigenvalue weighted by Crippen LogP contribution is -2.24. The standard InChI is InChI=1S/C16H12BrN3O4/c17-12-2-4-15(11(5-12)7-18)24-9-16(23)20-19-8-10-1-3-13(21)6-14(10)22/h1-6,8,21-22H,9H2,(H,20,23)/b19-8+. The molecule has 0 atom stereocenters. The van der Waals surface area contributed by atoms with Crippen molar-refractivity contribution in [2.45, 2.75) is 0 Å². The minimum atomic E-state index is -0.531. The SMILES string of the molecule is N#Cc1cc(Br)ccc1OCC(=O)N/N=C/c1ccc(O)cc1O. The number of benzene rings is 2. The highest BCUT2D eigenvalue weighted by Crippen LogP contribution is 2.22. The number of carbonyl (C=O) groups excluding carboxylic acids is 1. The molecule has 1 amide bonds. The lowest BCUT2D eigenvalue weighted by molar-refractivity contribution is -0.123. The molecule has 122 valence electrons. The zero-order valence-corrected chi connectivity index (χ0v) is 13.8. The van der Waals surface area contributed by atoms with Crippen LogP contribution in [0.4, 0.5) is 0 Å². The highest BCUT2D eigenvalue weighted by molar-refractivity contribution is 9.10. The molecule has 3 N–H and O–H groups in total. The summed E-state index contributed by atoms with van der Waals surface area (Å²) in [5, 5.41) is 31.4. The Labute approximate surface area is 145 Å². The van der Waals surface area contributed by atoms with Crippen molar-refractivity contribution in [1.29, 1.82) is 5.26 Å². The van der Waals surface area contributed by atoms with E-state index >= 15 is 0 Å². The highest BCUT2D eigenvalue weighted by atomic mass is 79.9. The molecule has 0 bridgehead atoms. The van der Waals surface area contributed by atoms with Crippen molar-refractivity contribution in [3.05, 3.63) is 52.0 Å². The lowest BCUT2D eigenvalue weighted by Gasteiger charge is -2.07. The Morgan fingerprint density at radius 2 is 2.12 bits per heavy atom. The number of ether oxygens (including phenoxy) is 1. The highest BCUT2D eigenvalue weighted by Gasteiger charge is 2.07. The Kier molecular flexibility index (Phi) is 5.76. The molecule has 24 heavy (non-hydrogen) atoms. The zero-order valence-electron chi connectivity index (χ0n) is 12.2. The molecular weight excluding hydrogens is 378 g/mol. The van der Waals surface area contributed by atoms with E-state index < -0.39 is 5.91 Å². The van der Waals surface area contributed by atoms with Gasteiger partial charge in [-0.3, -0.25) is 4.79 Å². The van der Waals surface area contributed by atoms with E-state index in [0.29, 0.717) is 11.1 Å². The van der Waals surface area contributed by atoms with Crippen LogP contribution in [-0.4, -0.2) is 28.9 Å². The summed E-state index contributed by atoms with van der Waals surface area (Å²) in [5.74, 6) is -0.491. The Bertz CT molecular complexity index is 831. The quantitative estimate of drug-likeness (QED) is 0.535. The van der Waals surface area contributed by atoms with Gasteiger partial charge in [-0.2, -0.15) is 10.4 Å². The Hall–Kier alpha value is -3.05. The molecule has 0 spiro atoms. The number of nitrogens with one attached hydrogen (secondary N) is 1. The Morgan fingerprint density at radius 1 is 1.33 bits per heavy atom. The second-order valence-corrected chi connectivity index (χ2v) is 5.49. The first-order chi connectivity index (χ1) is 11.5. The molecule has 0 saturated carbocycles. The van der Waals surface area contributed by atoms with E-state index in [2.05, 4.69) is 26.5 Å². The average Bonchev–Trinajstić information content (AvgIpc) is 2.55. The smallest absolute Gasteiger partial charge is 0.277 e. The molecule has 0 heterocycles. The second-order valence-electron chi connectivity index (χ2n) is 4.58. The van der Waals surface area contributed by atoms with E-state index in [0.717, 1.165) is 10.5 Å². The number of aromatic hydroxyl groups is 2. The summed E-state index contributed by atoms with van der Waals surface area (Å²) >= 11 is 3.24. The van der Waals surface area contributed by atoms with Crippen molar-refractivity contribution in [3.63, 3.8) is 0 Å². The van der Waals surface area contributed by atoms with E-state index in [4.69, 9.17) is 10.00 Å². The van der Waals surface area contributed by atoms with Crippen LogP contribution in [0, 0.1) is 11.3 Å². The summed E-state index contributed by atoms with van der Waals surface area (Å²) < 4.78 is 6.01. The van der Waals surface area contributed by atoms with Crippen LogP contribution in [-0.2, 0) is 4.79 Å². The predicted molar refractivity (Wildman–Crippen MR) is 89.9 cm³/mol. The molecule has 2 aromatic rings. The fraction of sp³-hybridized carbons (Fsp3) is 0.0625. The van der Waals surface area contributed by atoms with E-state index in [1.807, 2.05) is 6.07 Å². The summed E-state index contributed by atoms with van der Waals surface area (Å²) in [6.07, 6.45) is 1.23. The number of hydrogen-bond acceptors (Lipinski definition) is 6. The third-order valence-electron chi connectivity index (χ3n) is 2.83. The van der Waals surface area contributed by atoms with Crippen molar-refractivity contribution < 1.29 is 19.7 Å². The van der Waals surface area contributed by atoms with Crippen molar-refractivity contribution >= 4 is 28.1 Å². The molecule has 0 unspecified atom stereocenters. The van der Waals surface area contributed by atoms with Gasteiger partial charge in [0.05, 0.1) is 11.8 Å². The molecule has 2 rings (SSSR count). The summed E-state index contributed by atoms with van der Waals surface area (Å²) in [7, 11) is 0. The molecule has 7 nitrogen and oxygen atoms in total. The number of rotatable bonds is 5. The van der Waals surface area contributed by atoms with Gasteiger partial charge in [0.1, 0.15) is 23.3 Å². The molecule has 0 aliphatic rings. The number of halogens is 1. The molecular formula is C16H12BrN3O4. The van der Waals surface area contributed by atoms with Gasteiger partial charge in [0.15, 0.2) is 6.61 Å². The third-order valence-corrected chi connectivity index (χ3v) is 3.32. The summed E-state index contributed by atoms with van der Waals surface area (Å²) in [6, 6.07) is 10.8. The second kappa shape index (κ2) is 7.99. The normalized spacial score (nSPS) is 10.3. The number of hydrazone groups is 1. The number of phenolic OH excluding ortho intramolecular Hbond substituents is 2. The molecule has 0 aliphatic heterocycles. The van der Waals surface area contributed by atoms with Gasteiger partial charge in [-0.1, -0.05) is 15.9 Å². The van der Waals surface area contributed by atoms with Crippen LogP contribution in [0.5, 0.6) is 17.2 Å². The van der Waals surface area contributed by atoms with Gasteiger partial charge < -0.3 is 14.9 Å². The topological polar surface area (TPSA) is 115 Å². The number of phenols is 2. The molecule has 0 aromatic heterocycles. The first kappa shape index (κ1) is 17.3. The van der Waals surface area contributed by atoms with Crippen LogP contribution in [0.1, 0.15) is 11.1 Å². The fourth-order valence-electron chi connectivity index (χ4n) is 1.71. The van der Waals surface area contributed by atoms with Crippen LogP contribution >= 0.6 is 15.9 Å². The number of nitrogens with zero attached hydrogens (tertiary/aromatic N) is 2. The maximum absolute atomic E-state index is 11.7. The molecule has 0 aliphatic carbocycles. The van der Waals surface area contributed by atoms with Crippen molar-refractivity contribution in [1.82, 2.24) is 5.43 Å². The van der Waals surface area contributed by atoms with Gasteiger partial charge >= 0.3 is 0 Å². The Morgan fingerprint density at radius 3 is 2.83 bits per heavy atom. The summed E-state index contributed by atoms with van der Waals surface area (Å²) in [4.78, 5) is 11.7. The van der Waals surface area contributed by atoms with Gasteiger partial charge in [-0.15, -0.1) is 0 Å². The minimum Gasteiger partial charge on any atom is -0.508 e. The molecule has 2 aromatic carbocycles. The van der Waals surface area contributed by atoms with Gasteiger partial charge in [0, 0.05) is 16.1 Å². The van der Waals surface area contributed by atoms with Crippen molar-refractivity contribution in [3.8, 4) is 23.3 Å². The minimum absolute atomic E-state index is 0.0788. The number of hydrogen-bond donors (Lipinski definition) is 3. The number of carbonyl (C=O) groups is 1. The fourth-order valence-corrected chi connectivity index (χ4v) is 2.07. The van der Waals surface area contributed by atoms with E-state index in [-0.39, 0.29) is 23.9 Å². The van der Waals surface area contributed by atoms with Gasteiger partial charge in [-0.05, 0) is 30.3 Å². The van der Waals surface area contributed by atoms with E-state index in [1.54, 1.807) is 18.2 Å². The molecule has 8 heteroatoms. The number of nitriles is 1. The van der Waals surface area contributed by atoms with Crippen LogP contribution in [0.15, 0.2) is 46.0 Å². The molecule has 0 fully saturated rings. The van der Waals surface area contributed by atoms with Crippen LogP contribution in [0.2, 0.25) is 0 Å². The summed E-state index contributed by atoms with van der Waals surface area (Å²) in [5.41, 5.74) is 2.86. The van der Waals surface area contributed by atoms with Crippen LogP contribution < -0.4 is 10.2 Å². The largest absolute Gasteiger partial charge is 0.508 e. The first-order valence-electron chi connectivity index (χ1n) is 6.66. The molecule has 0 saturated heterocycles. The third kappa shape index (κ3) is 4.72. The van der Waals surface area contributed by atoms with Gasteiger partial charge in [-0.25, -0.2) is 5.43 Å². The van der Waals surface area contributed by atoms with E-state index in [1.165, 1.54) is 18.3 Å². The average molecular weight is 390 g/mol. The maximum atomic E-state index is 11.7. The van der Waals surface area contributed by atoms with Crippen LogP contribution in [0.25, 0.3) is 0 Å². The Balaban J connectivity index is 1.90. The number of amides is 1. The van der Waals surface area contributed by atoms with Crippen LogP contribution in [0.3, 0.4) is 0 Å². The van der Waals surface area contributed by atoms with Gasteiger partial charge in [0.25, 0.3) is 5.91 Å². The van der Waals surface area contributed by atoms with Gasteiger partial charge in [0.2, 0.25) is 0 Å². The summed E-state index contributed by atoms with van der Waals surface area (Å²) in [6.45, 7) is -0.324. The zero-order chi connectivity index (χ0) is 17.5. The predicted octanol–water partition coefficient (Wildman–Crippen LogP) is 2.26. The monoisotopic (exact) mass is 389 g/mol. The maximum Gasteiger partial charge on any atom is 0.277 e.